The normalized spacial score (nSPS) is 6.61. The Morgan fingerprint density at radius 2 is 1.39 bits per heavy atom. The van der Waals surface area contributed by atoms with Crippen molar-refractivity contribution in [3.05, 3.63) is 53.2 Å². The molecule has 0 aliphatic heterocycles. The monoisotopic (exact) mass is 334 g/mol. The van der Waals surface area contributed by atoms with E-state index in [1.807, 2.05) is 30.3 Å². The standard InChI is InChI=1S/C8H7N.C4H9.2CHO.Ru/c1-9-7-8-5-3-2-4-6-8;1-4(2)3;2*1-2;/h2-6H,7H2;1-3H3;2*1H;/q;3*-1;+4. The van der Waals surface area contributed by atoms with Gasteiger partial charge >= 0.3 is 19.5 Å². The van der Waals surface area contributed by atoms with E-state index in [-0.39, 0.29) is 19.5 Å². The van der Waals surface area contributed by atoms with E-state index in [0.717, 1.165) is 5.56 Å². The van der Waals surface area contributed by atoms with Crippen molar-refractivity contribution in [3.63, 3.8) is 0 Å². The third kappa shape index (κ3) is 29.3. The summed E-state index contributed by atoms with van der Waals surface area (Å²) in [4.78, 5) is 18.8. The molecule has 4 heteroatoms. The van der Waals surface area contributed by atoms with Crippen LogP contribution in [0.2, 0.25) is 0 Å². The summed E-state index contributed by atoms with van der Waals surface area (Å²) in [5, 5.41) is 0. The minimum Gasteiger partial charge on any atom is -0.545 e. The third-order valence-corrected chi connectivity index (χ3v) is 1.10. The number of rotatable bonds is 1. The molecule has 0 N–H and O–H groups in total. The smallest absolute Gasteiger partial charge is 0.545 e. The van der Waals surface area contributed by atoms with Crippen molar-refractivity contribution < 1.29 is 29.1 Å². The van der Waals surface area contributed by atoms with Gasteiger partial charge in [0.25, 0.3) is 0 Å². The largest absolute Gasteiger partial charge is 4.00 e. The molecule has 1 aromatic rings. The van der Waals surface area contributed by atoms with Gasteiger partial charge in [-0.3, -0.25) is 13.6 Å². The predicted molar refractivity (Wildman–Crippen MR) is 70.5 cm³/mol. The zero-order valence-corrected chi connectivity index (χ0v) is 12.6. The SMILES string of the molecule is C[C-](C)C.[C-]#[N+]Cc1ccccc1.[CH-]=O.[CH-]=O.[Ru+4]. The first-order valence-electron chi connectivity index (χ1n) is 4.78. The van der Waals surface area contributed by atoms with Crippen LogP contribution in [0.3, 0.4) is 0 Å². The van der Waals surface area contributed by atoms with Crippen molar-refractivity contribution >= 4 is 13.6 Å². The first-order chi connectivity index (χ1) is 8.16. The molecule has 0 saturated carbocycles. The second kappa shape index (κ2) is 24.8. The molecule has 0 saturated heterocycles. The van der Waals surface area contributed by atoms with E-state index in [4.69, 9.17) is 16.2 Å². The van der Waals surface area contributed by atoms with Gasteiger partial charge in [0.05, 0.1) is 0 Å². The molecule has 0 fully saturated rings. The molecule has 0 aliphatic rings. The topological polar surface area (TPSA) is 38.5 Å². The van der Waals surface area contributed by atoms with Gasteiger partial charge in [-0.2, -0.15) is 20.8 Å². The van der Waals surface area contributed by atoms with Gasteiger partial charge in [-0.05, 0) is 0 Å². The molecule has 0 spiro atoms. The first-order valence-corrected chi connectivity index (χ1v) is 4.78. The molecule has 0 heterocycles. The maximum absolute atomic E-state index is 7.75. The summed E-state index contributed by atoms with van der Waals surface area (Å²) < 4.78 is 0. The van der Waals surface area contributed by atoms with Crippen LogP contribution in [0.4, 0.5) is 0 Å². The van der Waals surface area contributed by atoms with Gasteiger partial charge in [-0.15, -0.1) is 0 Å². The number of benzene rings is 1. The van der Waals surface area contributed by atoms with Crippen LogP contribution in [0.5, 0.6) is 0 Å². The van der Waals surface area contributed by atoms with Crippen molar-refractivity contribution in [3.8, 4) is 0 Å². The van der Waals surface area contributed by atoms with Gasteiger partial charge in [0, 0.05) is 5.56 Å². The summed E-state index contributed by atoms with van der Waals surface area (Å²) in [5.41, 5.74) is 1.09. The average Bonchev–Trinajstić information content (AvgIpc) is 2.35. The second-order valence-electron chi connectivity index (χ2n) is 3.30. The zero-order valence-electron chi connectivity index (χ0n) is 10.9. The summed E-state index contributed by atoms with van der Waals surface area (Å²) >= 11 is 0. The van der Waals surface area contributed by atoms with Crippen LogP contribution in [0.1, 0.15) is 26.3 Å². The van der Waals surface area contributed by atoms with Gasteiger partial charge in [-0.25, -0.2) is 6.57 Å². The molecule has 0 unspecified atom stereocenters. The van der Waals surface area contributed by atoms with E-state index in [1.54, 1.807) is 0 Å². The number of nitrogens with zero attached hydrogens (tertiary/aromatic N) is 1. The van der Waals surface area contributed by atoms with E-state index in [2.05, 4.69) is 39.2 Å². The Labute approximate surface area is 123 Å². The Balaban J connectivity index is -0.0000000937. The summed E-state index contributed by atoms with van der Waals surface area (Å²) in [6.45, 7) is 19.8. The predicted octanol–water partition coefficient (Wildman–Crippen LogP) is 3.18. The van der Waals surface area contributed by atoms with Crippen molar-refractivity contribution in [2.24, 2.45) is 0 Å². The molecule has 0 radical (unpaired) electrons. The Kier molecular flexibility index (Phi) is 35.1. The molecule has 1 rings (SSSR count). The number of hydrogen-bond acceptors (Lipinski definition) is 2. The van der Waals surface area contributed by atoms with Crippen molar-refractivity contribution in [2.45, 2.75) is 27.3 Å². The molecule has 1 aromatic carbocycles. The molecule has 3 nitrogen and oxygen atoms in total. The molecule has 98 valence electrons. The summed E-state index contributed by atoms with van der Waals surface area (Å²) in [7, 11) is 0. The molecule has 0 aliphatic carbocycles. The van der Waals surface area contributed by atoms with Gasteiger partial charge < -0.3 is 20.4 Å². The number of hydrogen-bond donors (Lipinski definition) is 0. The van der Waals surface area contributed by atoms with Crippen LogP contribution in [0.25, 0.3) is 4.85 Å². The average molecular weight is 333 g/mol. The van der Waals surface area contributed by atoms with E-state index in [9.17, 15) is 0 Å². The molecule has 18 heavy (non-hydrogen) atoms. The van der Waals surface area contributed by atoms with Gasteiger partial charge in [-0.1, -0.05) is 30.3 Å². The summed E-state index contributed by atoms with van der Waals surface area (Å²) in [5.74, 6) is 1.42. The van der Waals surface area contributed by atoms with Crippen LogP contribution < -0.4 is 0 Å². The van der Waals surface area contributed by atoms with E-state index >= 15 is 0 Å². The van der Waals surface area contributed by atoms with Crippen LogP contribution in [0.15, 0.2) is 30.3 Å². The van der Waals surface area contributed by atoms with Gasteiger partial charge in [0.2, 0.25) is 6.54 Å². The fourth-order valence-electron chi connectivity index (χ4n) is 0.675. The quantitative estimate of drug-likeness (QED) is 0.450. The minimum atomic E-state index is 0. The fourth-order valence-corrected chi connectivity index (χ4v) is 0.675. The third-order valence-electron chi connectivity index (χ3n) is 1.10. The Morgan fingerprint density at radius 1 is 1.06 bits per heavy atom. The molecule has 0 atom stereocenters. The molecular weight excluding hydrogens is 315 g/mol. The fraction of sp³-hybridized carbons (Fsp3) is 0.286. The van der Waals surface area contributed by atoms with E-state index in [0.29, 0.717) is 6.54 Å². The summed E-state index contributed by atoms with van der Waals surface area (Å²) in [6.07, 6.45) is 0. The Morgan fingerprint density at radius 3 is 1.67 bits per heavy atom. The zero-order chi connectivity index (χ0) is 14.1. The second-order valence-corrected chi connectivity index (χ2v) is 3.30. The van der Waals surface area contributed by atoms with E-state index in [1.165, 1.54) is 5.92 Å². The Hall–Kier alpha value is -1.33. The maximum Gasteiger partial charge on any atom is 4.00 e. The minimum absolute atomic E-state index is 0. The molecule has 0 bridgehead atoms. The maximum atomic E-state index is 7.75. The van der Waals surface area contributed by atoms with Crippen LogP contribution >= 0.6 is 0 Å². The number of carbonyl (C=O) groups excluding carboxylic acids is 2. The first kappa shape index (κ1) is 25.5. The van der Waals surface area contributed by atoms with Gasteiger partial charge in [0.1, 0.15) is 0 Å². The van der Waals surface area contributed by atoms with Crippen LogP contribution in [0, 0.1) is 12.5 Å². The summed E-state index contributed by atoms with van der Waals surface area (Å²) in [6, 6.07) is 9.75. The van der Waals surface area contributed by atoms with Crippen LogP contribution in [-0.2, 0) is 35.6 Å². The van der Waals surface area contributed by atoms with E-state index < -0.39 is 0 Å². The molecular formula is C14H18NO2Ru+. The molecule has 0 aromatic heterocycles. The molecule has 0 amide bonds. The van der Waals surface area contributed by atoms with Crippen molar-refractivity contribution in [1.29, 1.82) is 0 Å². The van der Waals surface area contributed by atoms with Crippen molar-refractivity contribution in [1.82, 2.24) is 0 Å². The van der Waals surface area contributed by atoms with Crippen LogP contribution in [-0.4, -0.2) is 13.6 Å². The van der Waals surface area contributed by atoms with Gasteiger partial charge in [0.15, 0.2) is 0 Å². The van der Waals surface area contributed by atoms with Crippen molar-refractivity contribution in [2.75, 3.05) is 0 Å². The Bertz CT molecular complexity index is 279.